The average molecular weight is 789 g/mol. The molecule has 0 atom stereocenters. The van der Waals surface area contributed by atoms with Crippen molar-refractivity contribution >= 4 is 11.9 Å². The highest BCUT2D eigenvalue weighted by atomic mass is 16.5. The number of phenols is 2. The Hall–Kier alpha value is -4.58. The standard InChI is InChI=1S/C52H68O6/c1-15-57-45(53)29-43-31-17-35-25-41(51(9,10)11)27-37(47(35)55)19-33-23-40(50(6,7)8)24-34(44(33)30-46(54)58-16-2)20-38-28-42(52(12,13)14)26-36(48(38)56)18-32(43)22-39(21-31)49(3,4)5/h21-28,55-56H,15-20,29-30H2,1-14H3. The van der Waals surface area contributed by atoms with Gasteiger partial charge in [-0.2, -0.15) is 0 Å². The summed E-state index contributed by atoms with van der Waals surface area (Å²) in [6.07, 6.45) is 1.68. The first-order chi connectivity index (χ1) is 26.8. The summed E-state index contributed by atoms with van der Waals surface area (Å²) in [6, 6.07) is 17.2. The van der Waals surface area contributed by atoms with E-state index in [-0.39, 0.29) is 71.2 Å². The number of aromatic hydroxyl groups is 2. The van der Waals surface area contributed by atoms with Gasteiger partial charge in [0, 0.05) is 25.7 Å². The maximum atomic E-state index is 13.4. The Morgan fingerprint density at radius 3 is 0.828 bits per heavy atom. The van der Waals surface area contributed by atoms with Gasteiger partial charge in [0.2, 0.25) is 0 Å². The molecule has 0 heterocycles. The monoisotopic (exact) mass is 789 g/mol. The van der Waals surface area contributed by atoms with Crippen molar-refractivity contribution in [2.75, 3.05) is 13.2 Å². The Balaban J connectivity index is 1.97. The normalized spacial score (nSPS) is 13.6. The Kier molecular flexibility index (Phi) is 12.7. The summed E-state index contributed by atoms with van der Waals surface area (Å²) in [5.74, 6) is -0.196. The van der Waals surface area contributed by atoms with E-state index in [1.807, 2.05) is 13.8 Å². The molecule has 0 unspecified atom stereocenters. The van der Waals surface area contributed by atoms with Gasteiger partial charge in [-0.15, -0.1) is 0 Å². The smallest absolute Gasteiger partial charge is 0.310 e. The molecular formula is C52H68O6. The largest absolute Gasteiger partial charge is 0.507 e. The molecule has 0 aliphatic heterocycles. The number of rotatable bonds is 6. The lowest BCUT2D eigenvalue weighted by Gasteiger charge is -2.28. The highest BCUT2D eigenvalue weighted by molar-refractivity contribution is 5.75. The number of hydrogen-bond donors (Lipinski definition) is 2. The van der Waals surface area contributed by atoms with Gasteiger partial charge in [0.1, 0.15) is 11.5 Å². The Morgan fingerprint density at radius 1 is 0.431 bits per heavy atom. The van der Waals surface area contributed by atoms with E-state index in [1.165, 1.54) is 0 Å². The van der Waals surface area contributed by atoms with Crippen LogP contribution in [0.2, 0.25) is 0 Å². The van der Waals surface area contributed by atoms with E-state index in [2.05, 4.69) is 132 Å². The summed E-state index contributed by atoms with van der Waals surface area (Å²) in [6.45, 7) is 30.4. The van der Waals surface area contributed by atoms with Gasteiger partial charge in [-0.05, 0) is 113 Å². The highest BCUT2D eigenvalue weighted by Crippen LogP contribution is 2.41. The summed E-state index contributed by atoms with van der Waals surface area (Å²) in [4.78, 5) is 26.9. The number of benzene rings is 4. The third kappa shape index (κ3) is 10.2. The van der Waals surface area contributed by atoms with Crippen LogP contribution in [0, 0.1) is 0 Å². The minimum atomic E-state index is -0.313. The van der Waals surface area contributed by atoms with Gasteiger partial charge < -0.3 is 19.7 Å². The van der Waals surface area contributed by atoms with Crippen molar-refractivity contribution in [1.82, 2.24) is 0 Å². The second-order valence-corrected chi connectivity index (χ2v) is 20.5. The lowest BCUT2D eigenvalue weighted by Crippen LogP contribution is -2.19. The SMILES string of the molecule is CCOC(=O)Cc1c2cc(C(C)(C)C)cc1Cc1cc(C(C)(C)C)cc(c1O)Cc1cc(C(C)(C)C)cc(c1CC(=O)OCC)Cc1cc(C(C)(C)C)cc(c1O)C2. The first-order valence-electron chi connectivity index (χ1n) is 21.1. The molecule has 0 radical (unpaired) electrons. The van der Waals surface area contributed by atoms with Crippen molar-refractivity contribution in [3.8, 4) is 11.5 Å². The molecule has 5 rings (SSSR count). The van der Waals surface area contributed by atoms with Gasteiger partial charge in [-0.3, -0.25) is 9.59 Å². The molecule has 6 heteroatoms. The summed E-state index contributed by atoms with van der Waals surface area (Å²) < 4.78 is 11.1. The minimum Gasteiger partial charge on any atom is -0.507 e. The Bertz CT molecular complexity index is 1940. The van der Waals surface area contributed by atoms with Crippen molar-refractivity contribution in [3.05, 3.63) is 126 Å². The predicted molar refractivity (Wildman–Crippen MR) is 236 cm³/mol. The van der Waals surface area contributed by atoms with Gasteiger partial charge in [-0.1, -0.05) is 132 Å². The van der Waals surface area contributed by atoms with E-state index in [0.717, 1.165) is 77.9 Å². The first-order valence-corrected chi connectivity index (χ1v) is 21.1. The molecule has 0 amide bonds. The number of phenolic OH excluding ortho intramolecular Hbond substituents is 2. The molecule has 6 nitrogen and oxygen atoms in total. The van der Waals surface area contributed by atoms with Crippen LogP contribution in [0.1, 0.15) is 175 Å². The number of esters is 2. The molecule has 0 saturated heterocycles. The first kappa shape index (κ1) is 44.5. The summed E-state index contributed by atoms with van der Waals surface area (Å²) in [7, 11) is 0. The van der Waals surface area contributed by atoms with Gasteiger partial charge >= 0.3 is 11.9 Å². The van der Waals surface area contributed by atoms with Gasteiger partial charge in [-0.25, -0.2) is 0 Å². The van der Waals surface area contributed by atoms with E-state index in [9.17, 15) is 19.8 Å². The molecule has 58 heavy (non-hydrogen) atoms. The summed E-state index contributed by atoms with van der Waals surface area (Å²) in [5, 5.41) is 24.8. The topological polar surface area (TPSA) is 93.1 Å². The van der Waals surface area contributed by atoms with Crippen molar-refractivity contribution in [3.63, 3.8) is 0 Å². The molecule has 0 fully saturated rings. The zero-order valence-corrected chi connectivity index (χ0v) is 37.8. The molecular weight excluding hydrogens is 721 g/mol. The third-order valence-corrected chi connectivity index (χ3v) is 11.6. The average Bonchev–Trinajstić information content (AvgIpc) is 3.08. The second-order valence-electron chi connectivity index (χ2n) is 20.5. The fraction of sp³-hybridized carbons (Fsp3) is 0.500. The van der Waals surface area contributed by atoms with Crippen molar-refractivity contribution in [1.29, 1.82) is 0 Å². The lowest BCUT2D eigenvalue weighted by molar-refractivity contribution is -0.143. The molecule has 4 aromatic carbocycles. The molecule has 0 spiro atoms. The third-order valence-electron chi connectivity index (χ3n) is 11.6. The van der Waals surface area contributed by atoms with Crippen LogP contribution in [0.3, 0.4) is 0 Å². The molecule has 1 aliphatic rings. The maximum Gasteiger partial charge on any atom is 0.310 e. The lowest BCUT2D eigenvalue weighted by atomic mass is 9.77. The summed E-state index contributed by atoms with van der Waals surface area (Å²) in [5.41, 5.74) is 12.1. The van der Waals surface area contributed by atoms with Crippen molar-refractivity contribution in [2.24, 2.45) is 0 Å². The van der Waals surface area contributed by atoms with E-state index in [0.29, 0.717) is 25.7 Å². The molecule has 312 valence electrons. The number of carbonyl (C=O) groups excluding carboxylic acids is 2. The second kappa shape index (κ2) is 16.6. The van der Waals surface area contributed by atoms with E-state index < -0.39 is 0 Å². The fourth-order valence-corrected chi connectivity index (χ4v) is 8.00. The number of ether oxygens (including phenoxy) is 2. The van der Waals surface area contributed by atoms with Crippen LogP contribution in [0.5, 0.6) is 11.5 Å². The van der Waals surface area contributed by atoms with Crippen LogP contribution in [-0.2, 0) is 79.2 Å². The van der Waals surface area contributed by atoms with E-state index in [1.54, 1.807) is 0 Å². The Morgan fingerprint density at radius 2 is 0.638 bits per heavy atom. The van der Waals surface area contributed by atoms with Crippen LogP contribution in [0.4, 0.5) is 0 Å². The maximum absolute atomic E-state index is 13.4. The van der Waals surface area contributed by atoms with Gasteiger partial charge in [0.25, 0.3) is 0 Å². The summed E-state index contributed by atoms with van der Waals surface area (Å²) >= 11 is 0. The number of hydrogen-bond acceptors (Lipinski definition) is 6. The zero-order chi connectivity index (χ0) is 43.1. The van der Waals surface area contributed by atoms with Crippen LogP contribution >= 0.6 is 0 Å². The van der Waals surface area contributed by atoms with E-state index >= 15 is 0 Å². The molecule has 0 saturated carbocycles. The van der Waals surface area contributed by atoms with Gasteiger partial charge in [0.05, 0.1) is 26.1 Å². The van der Waals surface area contributed by atoms with Crippen molar-refractivity contribution < 1.29 is 29.3 Å². The highest BCUT2D eigenvalue weighted by Gasteiger charge is 2.29. The van der Waals surface area contributed by atoms with Crippen LogP contribution in [-0.4, -0.2) is 35.4 Å². The molecule has 4 aromatic rings. The molecule has 1 aliphatic carbocycles. The number of carbonyl (C=O) groups is 2. The molecule has 8 bridgehead atoms. The quantitative estimate of drug-likeness (QED) is 0.166. The zero-order valence-electron chi connectivity index (χ0n) is 37.8. The fourth-order valence-electron chi connectivity index (χ4n) is 8.00. The van der Waals surface area contributed by atoms with Crippen LogP contribution in [0.15, 0.2) is 48.5 Å². The molecule has 2 N–H and O–H groups in total. The minimum absolute atomic E-state index is 0.0689. The van der Waals surface area contributed by atoms with Crippen molar-refractivity contribution in [2.45, 2.75) is 157 Å². The van der Waals surface area contributed by atoms with Gasteiger partial charge in [0.15, 0.2) is 0 Å². The predicted octanol–water partition coefficient (Wildman–Crippen LogP) is 11.2. The molecule has 0 aromatic heterocycles. The number of fused-ring (bicyclic) bond motifs is 8. The van der Waals surface area contributed by atoms with Crippen LogP contribution < -0.4 is 0 Å². The van der Waals surface area contributed by atoms with Crippen LogP contribution in [0.25, 0.3) is 0 Å². The van der Waals surface area contributed by atoms with E-state index in [4.69, 9.17) is 9.47 Å². The Labute approximate surface area is 348 Å².